The molecule has 0 aliphatic carbocycles. The molecule has 5 nitrogen and oxygen atoms in total. The Morgan fingerprint density at radius 1 is 1.44 bits per heavy atom. The van der Waals surface area contributed by atoms with Gasteiger partial charge in [-0.2, -0.15) is 5.10 Å². The molecule has 0 atom stereocenters. The minimum atomic E-state index is -0.0176. The third-order valence-electron chi connectivity index (χ3n) is 2.62. The maximum absolute atomic E-state index is 11.4. The van der Waals surface area contributed by atoms with Crippen LogP contribution in [0.25, 0.3) is 5.69 Å². The van der Waals surface area contributed by atoms with E-state index >= 15 is 0 Å². The molecule has 2 heterocycles. The lowest BCUT2D eigenvalue weighted by atomic mass is 10.4. The van der Waals surface area contributed by atoms with E-state index < -0.39 is 0 Å². The predicted octanol–water partition coefficient (Wildman–Crippen LogP) is 1.97. The topological polar surface area (TPSA) is 51.0 Å². The van der Waals surface area contributed by atoms with E-state index in [-0.39, 0.29) is 5.91 Å². The Hall–Kier alpha value is -1.82. The van der Waals surface area contributed by atoms with Crippen LogP contribution in [0.5, 0.6) is 0 Å². The molecule has 0 fully saturated rings. The number of aromatic nitrogens is 3. The van der Waals surface area contributed by atoms with Crippen LogP contribution in [-0.2, 0) is 4.79 Å². The Morgan fingerprint density at radius 2 is 2.22 bits per heavy atom. The van der Waals surface area contributed by atoms with E-state index in [2.05, 4.69) is 10.1 Å². The zero-order valence-corrected chi connectivity index (χ0v) is 11.3. The lowest BCUT2D eigenvalue weighted by molar-refractivity contribution is -0.116. The molecule has 0 unspecified atom stereocenters. The number of carbonyl (C=O) groups is 1. The number of pyridine rings is 1. The fourth-order valence-corrected chi connectivity index (χ4v) is 2.31. The first-order chi connectivity index (χ1) is 8.65. The molecule has 0 radical (unpaired) electrons. The van der Waals surface area contributed by atoms with E-state index in [1.807, 2.05) is 18.4 Å². The Kier molecular flexibility index (Phi) is 3.66. The van der Waals surface area contributed by atoms with Crippen LogP contribution in [0, 0.1) is 0 Å². The van der Waals surface area contributed by atoms with Crippen molar-refractivity contribution >= 4 is 23.4 Å². The zero-order valence-electron chi connectivity index (χ0n) is 10.5. The molecule has 0 saturated carbocycles. The van der Waals surface area contributed by atoms with Gasteiger partial charge in [0.1, 0.15) is 5.03 Å². The van der Waals surface area contributed by atoms with Gasteiger partial charge in [0, 0.05) is 20.2 Å². The van der Waals surface area contributed by atoms with Gasteiger partial charge < -0.3 is 4.90 Å². The molecule has 0 aromatic carbocycles. The number of thioether (sulfide) groups is 1. The van der Waals surface area contributed by atoms with E-state index in [0.29, 0.717) is 0 Å². The largest absolute Gasteiger partial charge is 0.312 e. The van der Waals surface area contributed by atoms with Gasteiger partial charge in [-0.15, -0.1) is 11.8 Å². The summed E-state index contributed by atoms with van der Waals surface area (Å²) in [6.07, 6.45) is 7.11. The molecule has 18 heavy (non-hydrogen) atoms. The lowest BCUT2D eigenvalue weighted by Gasteiger charge is -2.14. The number of nitrogens with zero attached hydrogens (tertiary/aromatic N) is 4. The number of anilines is 1. The van der Waals surface area contributed by atoms with Crippen molar-refractivity contribution in [2.45, 2.75) is 11.9 Å². The standard InChI is InChI=1S/C12H14N4OS/c1-9(17)15(2)11-8-14-16(12(11)18-3)10-5-4-6-13-7-10/h4-8H,1-3H3. The summed E-state index contributed by atoms with van der Waals surface area (Å²) < 4.78 is 1.78. The first-order valence-electron chi connectivity index (χ1n) is 5.42. The van der Waals surface area contributed by atoms with Crippen LogP contribution >= 0.6 is 11.8 Å². The van der Waals surface area contributed by atoms with Crippen LogP contribution in [-0.4, -0.2) is 34.0 Å². The maximum Gasteiger partial charge on any atom is 0.223 e. The van der Waals surface area contributed by atoms with Gasteiger partial charge in [-0.3, -0.25) is 9.78 Å². The van der Waals surface area contributed by atoms with Crippen LogP contribution in [0.4, 0.5) is 5.69 Å². The first-order valence-corrected chi connectivity index (χ1v) is 6.64. The zero-order chi connectivity index (χ0) is 13.1. The fraction of sp³-hybridized carbons (Fsp3) is 0.250. The molecule has 1 amide bonds. The van der Waals surface area contributed by atoms with Gasteiger partial charge in [0.25, 0.3) is 0 Å². The molecule has 2 aromatic heterocycles. The number of carbonyl (C=O) groups excluding carboxylic acids is 1. The molecule has 0 saturated heterocycles. The molecule has 6 heteroatoms. The summed E-state index contributed by atoms with van der Waals surface area (Å²) in [5, 5.41) is 5.24. The molecule has 0 bridgehead atoms. The molecule has 0 aliphatic rings. The highest BCUT2D eigenvalue weighted by Crippen LogP contribution is 2.29. The molecular formula is C12H14N4OS. The predicted molar refractivity (Wildman–Crippen MR) is 72.2 cm³/mol. The summed E-state index contributed by atoms with van der Waals surface area (Å²) in [4.78, 5) is 17.1. The van der Waals surface area contributed by atoms with Crippen LogP contribution in [0.2, 0.25) is 0 Å². The summed E-state index contributed by atoms with van der Waals surface area (Å²) in [5.41, 5.74) is 1.68. The van der Waals surface area contributed by atoms with E-state index in [0.717, 1.165) is 16.4 Å². The van der Waals surface area contributed by atoms with Gasteiger partial charge in [-0.25, -0.2) is 4.68 Å². The van der Waals surface area contributed by atoms with Crippen molar-refractivity contribution in [2.75, 3.05) is 18.2 Å². The maximum atomic E-state index is 11.4. The highest BCUT2D eigenvalue weighted by atomic mass is 32.2. The molecule has 0 spiro atoms. The molecule has 0 aliphatic heterocycles. The average molecular weight is 262 g/mol. The van der Waals surface area contributed by atoms with Crippen molar-refractivity contribution < 1.29 is 4.79 Å². The summed E-state index contributed by atoms with van der Waals surface area (Å²) in [7, 11) is 1.74. The summed E-state index contributed by atoms with van der Waals surface area (Å²) in [6, 6.07) is 3.78. The third-order valence-corrected chi connectivity index (χ3v) is 3.39. The Morgan fingerprint density at radius 3 is 2.78 bits per heavy atom. The molecule has 0 N–H and O–H groups in total. The second-order valence-electron chi connectivity index (χ2n) is 3.74. The monoisotopic (exact) mass is 262 g/mol. The Bertz CT molecular complexity index is 552. The van der Waals surface area contributed by atoms with Gasteiger partial charge >= 0.3 is 0 Å². The SMILES string of the molecule is CSc1c(N(C)C(C)=O)cnn1-c1cccnc1. The van der Waals surface area contributed by atoms with Gasteiger partial charge in [-0.05, 0) is 18.4 Å². The third kappa shape index (κ3) is 2.24. The molecule has 2 aromatic rings. The Balaban J connectivity index is 2.49. The molecule has 2 rings (SSSR count). The van der Waals surface area contributed by atoms with Gasteiger partial charge in [0.05, 0.1) is 23.8 Å². The van der Waals surface area contributed by atoms with Crippen LogP contribution in [0.3, 0.4) is 0 Å². The minimum absolute atomic E-state index is 0.0176. The highest BCUT2D eigenvalue weighted by molar-refractivity contribution is 7.98. The number of hydrogen-bond donors (Lipinski definition) is 0. The quantitative estimate of drug-likeness (QED) is 0.794. The number of amides is 1. The summed E-state index contributed by atoms with van der Waals surface area (Å²) in [5.74, 6) is -0.0176. The van der Waals surface area contributed by atoms with E-state index in [4.69, 9.17) is 0 Å². The molecular weight excluding hydrogens is 248 g/mol. The second kappa shape index (κ2) is 5.22. The van der Waals surface area contributed by atoms with Crippen molar-refractivity contribution in [3.63, 3.8) is 0 Å². The highest BCUT2D eigenvalue weighted by Gasteiger charge is 2.17. The minimum Gasteiger partial charge on any atom is -0.312 e. The Labute approximate surface area is 110 Å². The van der Waals surface area contributed by atoms with Crippen LogP contribution < -0.4 is 4.90 Å². The normalized spacial score (nSPS) is 10.4. The van der Waals surface area contributed by atoms with Crippen molar-refractivity contribution in [1.82, 2.24) is 14.8 Å². The van der Waals surface area contributed by atoms with Crippen molar-refractivity contribution in [3.05, 3.63) is 30.7 Å². The number of hydrogen-bond acceptors (Lipinski definition) is 4. The average Bonchev–Trinajstić information content (AvgIpc) is 2.82. The van der Waals surface area contributed by atoms with E-state index in [1.165, 1.54) is 6.92 Å². The summed E-state index contributed by atoms with van der Waals surface area (Å²) >= 11 is 1.55. The van der Waals surface area contributed by atoms with Crippen molar-refractivity contribution in [2.24, 2.45) is 0 Å². The van der Waals surface area contributed by atoms with Gasteiger partial charge in [0.2, 0.25) is 5.91 Å². The lowest BCUT2D eigenvalue weighted by Crippen LogP contribution is -2.23. The van der Waals surface area contributed by atoms with E-state index in [9.17, 15) is 4.79 Å². The van der Waals surface area contributed by atoms with Crippen molar-refractivity contribution in [3.8, 4) is 5.69 Å². The van der Waals surface area contributed by atoms with Gasteiger partial charge in [-0.1, -0.05) is 0 Å². The van der Waals surface area contributed by atoms with Crippen molar-refractivity contribution in [1.29, 1.82) is 0 Å². The van der Waals surface area contributed by atoms with Crippen LogP contribution in [0.1, 0.15) is 6.92 Å². The first kappa shape index (κ1) is 12.6. The smallest absolute Gasteiger partial charge is 0.223 e. The second-order valence-corrected chi connectivity index (χ2v) is 4.54. The van der Waals surface area contributed by atoms with Crippen LogP contribution in [0.15, 0.2) is 35.7 Å². The summed E-state index contributed by atoms with van der Waals surface area (Å²) in [6.45, 7) is 1.53. The number of rotatable bonds is 3. The molecule has 94 valence electrons. The van der Waals surface area contributed by atoms with E-state index in [1.54, 1.807) is 47.0 Å². The van der Waals surface area contributed by atoms with Gasteiger partial charge in [0.15, 0.2) is 0 Å². The fourth-order valence-electron chi connectivity index (χ4n) is 1.58.